The smallest absolute Gasteiger partial charge is 0.229 e. The average Bonchev–Trinajstić information content (AvgIpc) is 2.62. The number of aromatic nitrogens is 2. The summed E-state index contributed by atoms with van der Waals surface area (Å²) >= 11 is 0. The monoisotopic (exact) mass is 316 g/mol. The third-order valence-corrected chi connectivity index (χ3v) is 3.63. The molecule has 1 saturated heterocycles. The number of ether oxygens (including phenoxy) is 3. The molecule has 3 rings (SSSR count). The maximum atomic E-state index is 5.37. The van der Waals surface area contributed by atoms with Crippen molar-refractivity contribution in [2.24, 2.45) is 0 Å². The van der Waals surface area contributed by atoms with E-state index in [2.05, 4.69) is 20.2 Å². The van der Waals surface area contributed by atoms with Gasteiger partial charge in [-0.25, -0.2) is 4.98 Å². The Kier molecular flexibility index (Phi) is 4.77. The lowest BCUT2D eigenvalue weighted by Crippen LogP contribution is -2.36. The zero-order valence-electron chi connectivity index (χ0n) is 13.3. The van der Waals surface area contributed by atoms with E-state index >= 15 is 0 Å². The SMILES string of the molecule is COc1ccc(OC)c(Nc2nccc(N3CCOCC3)n2)c1. The molecular weight excluding hydrogens is 296 g/mol. The van der Waals surface area contributed by atoms with E-state index in [0.717, 1.165) is 43.6 Å². The number of rotatable bonds is 5. The summed E-state index contributed by atoms with van der Waals surface area (Å²) in [7, 11) is 3.25. The number of morpholine rings is 1. The summed E-state index contributed by atoms with van der Waals surface area (Å²) in [5, 5.41) is 3.19. The molecular formula is C16H20N4O3. The highest BCUT2D eigenvalue weighted by Crippen LogP contribution is 2.30. The van der Waals surface area contributed by atoms with Crippen LogP contribution in [0.3, 0.4) is 0 Å². The van der Waals surface area contributed by atoms with E-state index in [1.807, 2.05) is 24.3 Å². The summed E-state index contributed by atoms with van der Waals surface area (Å²) in [4.78, 5) is 11.0. The highest BCUT2D eigenvalue weighted by Gasteiger charge is 2.14. The van der Waals surface area contributed by atoms with Crippen LogP contribution < -0.4 is 19.7 Å². The Bertz CT molecular complexity index is 660. The molecule has 0 aliphatic carbocycles. The summed E-state index contributed by atoms with van der Waals surface area (Å²) in [5.41, 5.74) is 0.756. The predicted octanol–water partition coefficient (Wildman–Crippen LogP) is 2.07. The van der Waals surface area contributed by atoms with Crippen molar-refractivity contribution in [2.45, 2.75) is 0 Å². The molecule has 1 aliphatic rings. The molecule has 0 radical (unpaired) electrons. The zero-order valence-corrected chi connectivity index (χ0v) is 13.3. The molecule has 2 aromatic rings. The Balaban J connectivity index is 1.82. The van der Waals surface area contributed by atoms with Gasteiger partial charge in [-0.15, -0.1) is 0 Å². The lowest BCUT2D eigenvalue weighted by atomic mass is 10.2. The average molecular weight is 316 g/mol. The van der Waals surface area contributed by atoms with E-state index < -0.39 is 0 Å². The molecule has 7 nitrogen and oxygen atoms in total. The first-order valence-electron chi connectivity index (χ1n) is 7.45. The molecule has 0 amide bonds. The Morgan fingerprint density at radius 1 is 1.13 bits per heavy atom. The van der Waals surface area contributed by atoms with Gasteiger partial charge in [-0.1, -0.05) is 0 Å². The minimum absolute atomic E-state index is 0.514. The number of nitrogens with zero attached hydrogens (tertiary/aromatic N) is 3. The molecule has 0 bridgehead atoms. The highest BCUT2D eigenvalue weighted by atomic mass is 16.5. The molecule has 1 fully saturated rings. The lowest BCUT2D eigenvalue weighted by molar-refractivity contribution is 0.122. The van der Waals surface area contributed by atoms with Crippen LogP contribution in [0.5, 0.6) is 11.5 Å². The molecule has 7 heteroatoms. The van der Waals surface area contributed by atoms with Crippen molar-refractivity contribution in [3.63, 3.8) is 0 Å². The van der Waals surface area contributed by atoms with Gasteiger partial charge in [0.1, 0.15) is 17.3 Å². The lowest BCUT2D eigenvalue weighted by Gasteiger charge is -2.27. The van der Waals surface area contributed by atoms with Gasteiger partial charge in [0.25, 0.3) is 0 Å². The van der Waals surface area contributed by atoms with Crippen LogP contribution in [-0.2, 0) is 4.74 Å². The molecule has 0 unspecified atom stereocenters. The second-order valence-electron chi connectivity index (χ2n) is 5.03. The van der Waals surface area contributed by atoms with Crippen molar-refractivity contribution in [3.8, 4) is 11.5 Å². The summed E-state index contributed by atoms with van der Waals surface area (Å²) in [6, 6.07) is 7.44. The standard InChI is InChI=1S/C16H20N4O3/c1-21-12-3-4-14(22-2)13(11-12)18-16-17-6-5-15(19-16)20-7-9-23-10-8-20/h3-6,11H,7-10H2,1-2H3,(H,17,18,19). The minimum Gasteiger partial charge on any atom is -0.497 e. The van der Waals surface area contributed by atoms with Gasteiger partial charge in [0, 0.05) is 25.4 Å². The van der Waals surface area contributed by atoms with Crippen molar-refractivity contribution < 1.29 is 14.2 Å². The molecule has 1 aromatic heterocycles. The van der Waals surface area contributed by atoms with Crippen molar-refractivity contribution in [1.82, 2.24) is 9.97 Å². The van der Waals surface area contributed by atoms with E-state index in [1.165, 1.54) is 0 Å². The number of hydrogen-bond donors (Lipinski definition) is 1. The minimum atomic E-state index is 0.514. The third kappa shape index (κ3) is 3.62. The predicted molar refractivity (Wildman–Crippen MR) is 87.9 cm³/mol. The van der Waals surface area contributed by atoms with Crippen LogP contribution in [0.1, 0.15) is 0 Å². The van der Waals surface area contributed by atoms with Gasteiger partial charge in [0.05, 0.1) is 33.1 Å². The van der Waals surface area contributed by atoms with Crippen molar-refractivity contribution in [1.29, 1.82) is 0 Å². The van der Waals surface area contributed by atoms with E-state index in [4.69, 9.17) is 14.2 Å². The number of anilines is 3. The van der Waals surface area contributed by atoms with Crippen LogP contribution in [0.15, 0.2) is 30.5 Å². The van der Waals surface area contributed by atoms with Crippen LogP contribution >= 0.6 is 0 Å². The fraction of sp³-hybridized carbons (Fsp3) is 0.375. The molecule has 1 aromatic carbocycles. The van der Waals surface area contributed by atoms with Crippen LogP contribution in [0, 0.1) is 0 Å². The summed E-state index contributed by atoms with van der Waals surface area (Å²) in [6.07, 6.45) is 1.74. The molecule has 2 heterocycles. The van der Waals surface area contributed by atoms with Crippen LogP contribution in [0.2, 0.25) is 0 Å². The number of hydrogen-bond acceptors (Lipinski definition) is 7. The van der Waals surface area contributed by atoms with Crippen LogP contribution in [0.4, 0.5) is 17.5 Å². The molecule has 0 spiro atoms. The maximum Gasteiger partial charge on any atom is 0.229 e. The second-order valence-corrected chi connectivity index (χ2v) is 5.03. The van der Waals surface area contributed by atoms with Gasteiger partial charge in [0.15, 0.2) is 0 Å². The largest absolute Gasteiger partial charge is 0.497 e. The number of nitrogens with one attached hydrogen (secondary N) is 1. The quantitative estimate of drug-likeness (QED) is 0.905. The second kappa shape index (κ2) is 7.15. The molecule has 0 saturated carbocycles. The molecule has 0 atom stereocenters. The molecule has 23 heavy (non-hydrogen) atoms. The van der Waals surface area contributed by atoms with E-state index in [9.17, 15) is 0 Å². The van der Waals surface area contributed by atoms with E-state index in [0.29, 0.717) is 11.7 Å². The van der Waals surface area contributed by atoms with Gasteiger partial charge in [-0.2, -0.15) is 4.98 Å². The Morgan fingerprint density at radius 2 is 1.96 bits per heavy atom. The molecule has 1 aliphatic heterocycles. The number of methoxy groups -OCH3 is 2. The van der Waals surface area contributed by atoms with Crippen molar-refractivity contribution in [2.75, 3.05) is 50.7 Å². The van der Waals surface area contributed by atoms with Crippen LogP contribution in [0.25, 0.3) is 0 Å². The molecule has 1 N–H and O–H groups in total. The van der Waals surface area contributed by atoms with Gasteiger partial charge < -0.3 is 24.4 Å². The van der Waals surface area contributed by atoms with Crippen molar-refractivity contribution in [3.05, 3.63) is 30.5 Å². The third-order valence-electron chi connectivity index (χ3n) is 3.63. The normalized spacial score (nSPS) is 14.4. The van der Waals surface area contributed by atoms with E-state index in [-0.39, 0.29) is 0 Å². The Hall–Kier alpha value is -2.54. The van der Waals surface area contributed by atoms with E-state index in [1.54, 1.807) is 20.4 Å². The van der Waals surface area contributed by atoms with Gasteiger partial charge in [0.2, 0.25) is 5.95 Å². The summed E-state index contributed by atoms with van der Waals surface area (Å²) in [6.45, 7) is 3.10. The first kappa shape index (κ1) is 15.4. The van der Waals surface area contributed by atoms with Gasteiger partial charge in [-0.05, 0) is 18.2 Å². The Labute approximate surface area is 135 Å². The highest BCUT2D eigenvalue weighted by molar-refractivity contribution is 5.65. The summed E-state index contributed by atoms with van der Waals surface area (Å²) in [5.74, 6) is 2.83. The first-order chi connectivity index (χ1) is 11.3. The maximum absolute atomic E-state index is 5.37. The van der Waals surface area contributed by atoms with Gasteiger partial charge in [-0.3, -0.25) is 0 Å². The zero-order chi connectivity index (χ0) is 16.1. The Morgan fingerprint density at radius 3 is 2.70 bits per heavy atom. The van der Waals surface area contributed by atoms with Crippen molar-refractivity contribution >= 4 is 17.5 Å². The van der Waals surface area contributed by atoms with Crippen LogP contribution in [-0.4, -0.2) is 50.5 Å². The summed E-state index contributed by atoms with van der Waals surface area (Å²) < 4.78 is 16.0. The fourth-order valence-electron chi connectivity index (χ4n) is 2.41. The molecule has 122 valence electrons. The topological polar surface area (TPSA) is 68.7 Å². The van der Waals surface area contributed by atoms with Gasteiger partial charge >= 0.3 is 0 Å². The number of benzene rings is 1. The fourth-order valence-corrected chi connectivity index (χ4v) is 2.41. The first-order valence-corrected chi connectivity index (χ1v) is 7.45.